The van der Waals surface area contributed by atoms with Gasteiger partial charge in [-0.25, -0.2) is 9.37 Å². The molecule has 0 atom stereocenters. The van der Waals surface area contributed by atoms with Crippen molar-refractivity contribution in [2.45, 2.75) is 6.42 Å². The fraction of sp³-hybridized carbons (Fsp3) is 0.348. The summed E-state index contributed by atoms with van der Waals surface area (Å²) in [6, 6.07) is 13.7. The maximum absolute atomic E-state index is 13.3. The van der Waals surface area contributed by atoms with E-state index in [1.54, 1.807) is 19.2 Å². The van der Waals surface area contributed by atoms with Gasteiger partial charge in [0.05, 0.1) is 7.11 Å². The number of anilines is 1. The average molecular weight is 456 g/mol. The molecule has 32 heavy (non-hydrogen) atoms. The number of amides is 1. The van der Waals surface area contributed by atoms with Crippen LogP contribution in [0.5, 0.6) is 5.75 Å². The van der Waals surface area contributed by atoms with Gasteiger partial charge in [-0.05, 0) is 35.9 Å². The van der Waals surface area contributed by atoms with Gasteiger partial charge in [0.1, 0.15) is 17.4 Å². The first-order valence-corrected chi connectivity index (χ1v) is 11.3. The van der Waals surface area contributed by atoms with E-state index < -0.39 is 5.82 Å². The van der Waals surface area contributed by atoms with E-state index in [0.29, 0.717) is 18.5 Å². The van der Waals surface area contributed by atoms with E-state index in [1.807, 2.05) is 18.2 Å². The van der Waals surface area contributed by atoms with Gasteiger partial charge in [-0.1, -0.05) is 18.2 Å². The third-order valence-corrected chi connectivity index (χ3v) is 6.21. The molecule has 0 spiro atoms. The summed E-state index contributed by atoms with van der Waals surface area (Å²) in [4.78, 5) is 21.4. The van der Waals surface area contributed by atoms with Gasteiger partial charge in [-0.3, -0.25) is 9.69 Å². The molecule has 1 amide bonds. The Labute approximate surface area is 191 Å². The van der Waals surface area contributed by atoms with Crippen molar-refractivity contribution in [2.24, 2.45) is 0 Å². The summed E-state index contributed by atoms with van der Waals surface area (Å²) < 4.78 is 23.1. The number of nitrogens with one attached hydrogen (secondary N) is 1. The number of carbonyl (C=O) groups excluding carboxylic acids is 1. The van der Waals surface area contributed by atoms with Crippen LogP contribution < -0.4 is 15.0 Å². The number of rotatable bonds is 8. The Morgan fingerprint density at radius 2 is 1.97 bits per heavy atom. The molecule has 1 aliphatic heterocycles. The van der Waals surface area contributed by atoms with Crippen LogP contribution in [-0.4, -0.2) is 66.5 Å². The maximum atomic E-state index is 13.3. The highest BCUT2D eigenvalue weighted by molar-refractivity contribution is 7.09. The number of hydrogen-bond donors (Lipinski definition) is 1. The van der Waals surface area contributed by atoms with E-state index in [4.69, 9.17) is 9.72 Å². The van der Waals surface area contributed by atoms with Crippen molar-refractivity contribution < 1.29 is 13.9 Å². The Hall–Kier alpha value is -3.04. The molecule has 2 heterocycles. The van der Waals surface area contributed by atoms with Gasteiger partial charge in [0.25, 0.3) is 5.91 Å². The first-order valence-electron chi connectivity index (χ1n) is 10.6. The third kappa shape index (κ3) is 5.80. The first kappa shape index (κ1) is 22.2. The molecular weight excluding hydrogens is 429 g/mol. The van der Waals surface area contributed by atoms with Gasteiger partial charge in [0.15, 0.2) is 0 Å². The molecule has 2 aromatic carbocycles. The Balaban J connectivity index is 1.21. The molecule has 0 radical (unpaired) electrons. The van der Waals surface area contributed by atoms with Gasteiger partial charge >= 0.3 is 0 Å². The zero-order valence-corrected chi connectivity index (χ0v) is 18.8. The molecule has 3 aromatic rings. The van der Waals surface area contributed by atoms with Crippen LogP contribution in [0.15, 0.2) is 48.5 Å². The number of ether oxygens (including phenoxy) is 1. The van der Waals surface area contributed by atoms with Gasteiger partial charge < -0.3 is 15.0 Å². The smallest absolute Gasteiger partial charge is 0.251 e. The molecule has 1 aliphatic rings. The van der Waals surface area contributed by atoms with E-state index >= 15 is 0 Å². The normalized spacial score (nSPS) is 14.4. The molecular formula is C23H26FN5O2S. The molecule has 1 N–H and O–H groups in total. The molecule has 1 fully saturated rings. The number of benzene rings is 2. The van der Waals surface area contributed by atoms with Crippen molar-refractivity contribution in [2.75, 3.05) is 51.3 Å². The molecule has 9 heteroatoms. The van der Waals surface area contributed by atoms with Crippen molar-refractivity contribution in [3.63, 3.8) is 0 Å². The molecule has 168 valence electrons. The van der Waals surface area contributed by atoms with Crippen LogP contribution in [0.25, 0.3) is 0 Å². The van der Waals surface area contributed by atoms with Gasteiger partial charge in [0.2, 0.25) is 5.13 Å². The molecule has 1 aromatic heterocycles. The minimum atomic E-state index is -0.405. The topological polar surface area (TPSA) is 70.6 Å². The van der Waals surface area contributed by atoms with Crippen LogP contribution in [0.3, 0.4) is 0 Å². The number of aromatic nitrogens is 2. The fourth-order valence-corrected chi connectivity index (χ4v) is 4.37. The van der Waals surface area contributed by atoms with Crippen LogP contribution in [-0.2, 0) is 6.42 Å². The van der Waals surface area contributed by atoms with Crippen LogP contribution in [0.1, 0.15) is 21.7 Å². The lowest BCUT2D eigenvalue weighted by molar-refractivity contribution is 0.0947. The Morgan fingerprint density at radius 1 is 1.16 bits per heavy atom. The second-order valence-electron chi connectivity index (χ2n) is 7.62. The fourth-order valence-electron chi connectivity index (χ4n) is 3.63. The molecule has 0 saturated carbocycles. The number of piperazine rings is 1. The van der Waals surface area contributed by atoms with Crippen LogP contribution in [0.4, 0.5) is 9.52 Å². The molecule has 4 rings (SSSR count). The van der Waals surface area contributed by atoms with E-state index in [2.05, 4.69) is 25.6 Å². The second kappa shape index (κ2) is 10.5. The lowest BCUT2D eigenvalue weighted by Gasteiger charge is -2.34. The molecule has 0 unspecified atom stereocenters. The maximum Gasteiger partial charge on any atom is 0.251 e. The first-order chi connectivity index (χ1) is 15.6. The zero-order chi connectivity index (χ0) is 22.3. The number of halogens is 1. The minimum absolute atomic E-state index is 0.249. The highest BCUT2D eigenvalue weighted by Gasteiger charge is 2.20. The van der Waals surface area contributed by atoms with Crippen molar-refractivity contribution in [3.8, 4) is 5.75 Å². The van der Waals surface area contributed by atoms with Crippen LogP contribution in [0, 0.1) is 5.82 Å². The molecule has 1 saturated heterocycles. The predicted octanol–water partition coefficient (Wildman–Crippen LogP) is 2.83. The van der Waals surface area contributed by atoms with E-state index in [0.717, 1.165) is 55.0 Å². The van der Waals surface area contributed by atoms with Crippen molar-refractivity contribution in [1.82, 2.24) is 19.6 Å². The number of hydrogen-bond acceptors (Lipinski definition) is 7. The quantitative estimate of drug-likeness (QED) is 0.563. The summed E-state index contributed by atoms with van der Waals surface area (Å²) in [7, 11) is 1.66. The summed E-state index contributed by atoms with van der Waals surface area (Å²) in [5, 5.41) is 3.81. The summed E-state index contributed by atoms with van der Waals surface area (Å²) in [5.74, 6) is 1.000. The molecule has 7 nitrogen and oxygen atoms in total. The lowest BCUT2D eigenvalue weighted by Crippen LogP contribution is -2.48. The summed E-state index contributed by atoms with van der Waals surface area (Å²) in [5.41, 5.74) is 1.47. The Morgan fingerprint density at radius 3 is 2.75 bits per heavy atom. The predicted molar refractivity (Wildman–Crippen MR) is 123 cm³/mol. The van der Waals surface area contributed by atoms with Gasteiger partial charge in [-0.2, -0.15) is 4.37 Å². The Kier molecular flexibility index (Phi) is 7.28. The summed E-state index contributed by atoms with van der Waals surface area (Å²) in [6.07, 6.45) is 0.679. The SMILES string of the molecule is COc1cccc(Cc2nsc(N3CCN(CCNC(=O)c4cccc(F)c4)CC3)n2)c1. The van der Waals surface area contributed by atoms with Crippen molar-refractivity contribution in [1.29, 1.82) is 0 Å². The number of methoxy groups -OCH3 is 1. The largest absolute Gasteiger partial charge is 0.497 e. The highest BCUT2D eigenvalue weighted by Crippen LogP contribution is 2.21. The Bertz CT molecular complexity index is 1050. The van der Waals surface area contributed by atoms with E-state index in [1.165, 1.54) is 23.7 Å². The highest BCUT2D eigenvalue weighted by atomic mass is 32.1. The standard InChI is InChI=1S/C23H26FN5O2S/c1-31-20-7-2-4-17(14-20)15-21-26-23(32-27-21)29-12-10-28(11-13-29)9-8-25-22(30)18-5-3-6-19(24)16-18/h2-7,14,16H,8-13,15H2,1H3,(H,25,30). The minimum Gasteiger partial charge on any atom is -0.497 e. The third-order valence-electron chi connectivity index (χ3n) is 5.40. The lowest BCUT2D eigenvalue weighted by atomic mass is 10.1. The van der Waals surface area contributed by atoms with Gasteiger partial charge in [-0.15, -0.1) is 0 Å². The summed E-state index contributed by atoms with van der Waals surface area (Å²) >= 11 is 1.43. The zero-order valence-electron chi connectivity index (χ0n) is 18.0. The van der Waals surface area contributed by atoms with Gasteiger partial charge in [0, 0.05) is 62.8 Å². The number of carbonyl (C=O) groups is 1. The van der Waals surface area contributed by atoms with E-state index in [9.17, 15) is 9.18 Å². The summed E-state index contributed by atoms with van der Waals surface area (Å²) in [6.45, 7) is 4.80. The molecule has 0 bridgehead atoms. The van der Waals surface area contributed by atoms with Crippen LogP contribution in [0.2, 0.25) is 0 Å². The van der Waals surface area contributed by atoms with Crippen molar-refractivity contribution in [3.05, 3.63) is 71.3 Å². The average Bonchev–Trinajstić information content (AvgIpc) is 3.28. The van der Waals surface area contributed by atoms with E-state index in [-0.39, 0.29) is 5.91 Å². The second-order valence-corrected chi connectivity index (χ2v) is 8.35. The molecule has 0 aliphatic carbocycles. The number of nitrogens with zero attached hydrogens (tertiary/aromatic N) is 4. The van der Waals surface area contributed by atoms with Crippen molar-refractivity contribution >= 4 is 22.6 Å². The van der Waals surface area contributed by atoms with Crippen LogP contribution >= 0.6 is 11.5 Å². The monoisotopic (exact) mass is 455 g/mol.